The van der Waals surface area contributed by atoms with Crippen LogP contribution in [0.15, 0.2) is 6.07 Å². The van der Waals surface area contributed by atoms with Crippen molar-refractivity contribution in [1.82, 2.24) is 19.4 Å². The minimum absolute atomic E-state index is 0.273. The van der Waals surface area contributed by atoms with Gasteiger partial charge in [-0.25, -0.2) is 13.1 Å². The van der Waals surface area contributed by atoms with Crippen molar-refractivity contribution in [3.8, 4) is 0 Å². The molecule has 0 aromatic carbocycles. The van der Waals surface area contributed by atoms with E-state index < -0.39 is 10.0 Å². The number of rotatable bonds is 8. The normalized spacial score (nSPS) is 16.1. The van der Waals surface area contributed by atoms with E-state index in [0.717, 1.165) is 31.9 Å². The summed E-state index contributed by atoms with van der Waals surface area (Å²) in [6, 6.07) is 2.01. The topological polar surface area (TPSA) is 67.2 Å². The van der Waals surface area contributed by atoms with Gasteiger partial charge in [-0.3, -0.25) is 9.58 Å². The molecule has 0 fully saturated rings. The molecule has 0 bridgehead atoms. The van der Waals surface area contributed by atoms with E-state index in [9.17, 15) is 8.42 Å². The highest BCUT2D eigenvalue weighted by Gasteiger charge is 2.18. The molecular formula is C14H26N4O2S. The van der Waals surface area contributed by atoms with E-state index in [-0.39, 0.29) is 6.54 Å². The number of hydrogen-bond acceptors (Lipinski definition) is 4. The first-order chi connectivity index (χ1) is 9.98. The molecule has 0 aliphatic carbocycles. The molecule has 0 atom stereocenters. The molecular weight excluding hydrogens is 288 g/mol. The predicted molar refractivity (Wildman–Crippen MR) is 83.3 cm³/mol. The van der Waals surface area contributed by atoms with Crippen molar-refractivity contribution < 1.29 is 8.42 Å². The predicted octanol–water partition coefficient (Wildman–Crippen LogP) is 1.33. The van der Waals surface area contributed by atoms with Crippen LogP contribution in [0.3, 0.4) is 0 Å². The average Bonchev–Trinajstić information content (AvgIpc) is 2.83. The smallest absolute Gasteiger partial charge is 0.209 e. The first-order valence-corrected chi connectivity index (χ1v) is 9.59. The van der Waals surface area contributed by atoms with Crippen LogP contribution in [0.2, 0.25) is 0 Å². The number of unbranched alkanes of at least 4 members (excludes halogenated alkanes) is 3. The first-order valence-electron chi connectivity index (χ1n) is 7.70. The molecule has 0 unspecified atom stereocenters. The largest absolute Gasteiger partial charge is 0.296 e. The minimum atomic E-state index is -3.16. The van der Waals surface area contributed by atoms with E-state index in [0.29, 0.717) is 0 Å². The van der Waals surface area contributed by atoms with Crippen LogP contribution >= 0.6 is 0 Å². The van der Waals surface area contributed by atoms with Gasteiger partial charge in [-0.05, 0) is 19.0 Å². The Balaban J connectivity index is 1.85. The summed E-state index contributed by atoms with van der Waals surface area (Å²) in [5, 5.41) is 4.46. The molecule has 2 rings (SSSR count). The Morgan fingerprint density at radius 3 is 2.81 bits per heavy atom. The van der Waals surface area contributed by atoms with Gasteiger partial charge in [-0.2, -0.15) is 5.10 Å². The number of nitrogens with one attached hydrogen (secondary N) is 1. The van der Waals surface area contributed by atoms with Crippen LogP contribution in [0.5, 0.6) is 0 Å². The Kier molecular flexibility index (Phi) is 5.78. The number of hydrogen-bond donors (Lipinski definition) is 1. The summed E-state index contributed by atoms with van der Waals surface area (Å²) in [5.74, 6) is 0. The van der Waals surface area contributed by atoms with E-state index in [1.54, 1.807) is 0 Å². The number of fused-ring (bicyclic) bond motifs is 1. The standard InChI is InChI=1S/C14H26N4O2S/c1-3-4-5-6-7-17-8-9-18-14(12-17)10-13(16-18)11-15-21(2,19)20/h10,15H,3-9,11-12H2,1-2H3. The second kappa shape index (κ2) is 7.38. The summed E-state index contributed by atoms with van der Waals surface area (Å²) in [4.78, 5) is 2.46. The second-order valence-corrected chi connectivity index (χ2v) is 7.61. The van der Waals surface area contributed by atoms with Crippen molar-refractivity contribution in [1.29, 1.82) is 0 Å². The number of sulfonamides is 1. The lowest BCUT2D eigenvalue weighted by Gasteiger charge is -2.27. The zero-order valence-corrected chi connectivity index (χ0v) is 13.8. The Labute approximate surface area is 127 Å². The number of aromatic nitrogens is 2. The van der Waals surface area contributed by atoms with Crippen LogP contribution in [0.4, 0.5) is 0 Å². The van der Waals surface area contributed by atoms with Crippen LogP contribution in [0, 0.1) is 0 Å². The Morgan fingerprint density at radius 1 is 1.29 bits per heavy atom. The van der Waals surface area contributed by atoms with E-state index >= 15 is 0 Å². The zero-order valence-electron chi connectivity index (χ0n) is 13.0. The van der Waals surface area contributed by atoms with Crippen LogP contribution in [-0.2, 0) is 29.7 Å². The monoisotopic (exact) mass is 314 g/mol. The third-order valence-corrected chi connectivity index (χ3v) is 4.44. The lowest BCUT2D eigenvalue weighted by Crippen LogP contribution is -2.34. The molecule has 1 N–H and O–H groups in total. The summed E-state index contributed by atoms with van der Waals surface area (Å²) in [6.07, 6.45) is 6.30. The molecule has 0 saturated heterocycles. The Morgan fingerprint density at radius 2 is 2.10 bits per heavy atom. The first kappa shape index (κ1) is 16.5. The van der Waals surface area contributed by atoms with Gasteiger partial charge in [0.1, 0.15) is 0 Å². The third-order valence-electron chi connectivity index (χ3n) is 3.77. The molecule has 0 amide bonds. The highest BCUT2D eigenvalue weighted by Crippen LogP contribution is 2.14. The molecule has 1 aliphatic rings. The molecule has 1 aromatic rings. The highest BCUT2D eigenvalue weighted by atomic mass is 32.2. The summed E-state index contributed by atoms with van der Waals surface area (Å²) in [6.45, 7) is 6.47. The van der Waals surface area contributed by atoms with Gasteiger partial charge in [-0.1, -0.05) is 26.2 Å². The van der Waals surface area contributed by atoms with Crippen molar-refractivity contribution in [2.24, 2.45) is 0 Å². The molecule has 1 aliphatic heterocycles. The summed E-state index contributed by atoms with van der Waals surface area (Å²) in [5.41, 5.74) is 1.98. The van der Waals surface area contributed by atoms with Gasteiger partial charge in [0, 0.05) is 13.1 Å². The van der Waals surface area contributed by atoms with E-state index in [4.69, 9.17) is 0 Å². The zero-order chi connectivity index (χ0) is 15.3. The maximum absolute atomic E-state index is 11.1. The minimum Gasteiger partial charge on any atom is -0.296 e. The van der Waals surface area contributed by atoms with Gasteiger partial charge in [0.15, 0.2) is 0 Å². The van der Waals surface area contributed by atoms with Gasteiger partial charge < -0.3 is 0 Å². The molecule has 0 spiro atoms. The fraction of sp³-hybridized carbons (Fsp3) is 0.786. The van der Waals surface area contributed by atoms with Gasteiger partial charge in [-0.15, -0.1) is 0 Å². The van der Waals surface area contributed by atoms with Gasteiger partial charge >= 0.3 is 0 Å². The molecule has 0 saturated carbocycles. The van der Waals surface area contributed by atoms with E-state index in [1.165, 1.54) is 37.6 Å². The second-order valence-electron chi connectivity index (χ2n) is 5.78. The Hall–Kier alpha value is -0.920. The quantitative estimate of drug-likeness (QED) is 0.735. The van der Waals surface area contributed by atoms with Gasteiger partial charge in [0.25, 0.3) is 0 Å². The molecule has 1 aromatic heterocycles. The van der Waals surface area contributed by atoms with Crippen molar-refractivity contribution in [3.63, 3.8) is 0 Å². The van der Waals surface area contributed by atoms with E-state index in [2.05, 4.69) is 21.6 Å². The summed E-state index contributed by atoms with van der Waals surface area (Å²) in [7, 11) is -3.16. The van der Waals surface area contributed by atoms with Crippen LogP contribution < -0.4 is 4.72 Å². The fourth-order valence-electron chi connectivity index (χ4n) is 2.62. The Bertz CT molecular complexity index is 553. The molecule has 21 heavy (non-hydrogen) atoms. The fourth-order valence-corrected chi connectivity index (χ4v) is 3.03. The SMILES string of the molecule is CCCCCCN1CCn2nc(CNS(C)(=O)=O)cc2C1. The van der Waals surface area contributed by atoms with Crippen LogP contribution in [-0.4, -0.2) is 42.4 Å². The molecule has 7 heteroatoms. The lowest BCUT2D eigenvalue weighted by molar-refractivity contribution is 0.209. The van der Waals surface area contributed by atoms with Crippen LogP contribution in [0.25, 0.3) is 0 Å². The number of nitrogens with zero attached hydrogens (tertiary/aromatic N) is 3. The summed E-state index contributed by atoms with van der Waals surface area (Å²) < 4.78 is 26.7. The molecule has 6 nitrogen and oxygen atoms in total. The van der Waals surface area contributed by atoms with Crippen molar-refractivity contribution in [2.45, 2.75) is 52.2 Å². The average molecular weight is 314 g/mol. The van der Waals surface area contributed by atoms with Gasteiger partial charge in [0.2, 0.25) is 10.0 Å². The molecule has 120 valence electrons. The molecule has 2 heterocycles. The van der Waals surface area contributed by atoms with Crippen molar-refractivity contribution >= 4 is 10.0 Å². The van der Waals surface area contributed by atoms with Crippen LogP contribution in [0.1, 0.15) is 44.0 Å². The van der Waals surface area contributed by atoms with Gasteiger partial charge in [0.05, 0.1) is 30.7 Å². The van der Waals surface area contributed by atoms with Crippen molar-refractivity contribution in [2.75, 3.05) is 19.3 Å². The summed E-state index contributed by atoms with van der Waals surface area (Å²) >= 11 is 0. The maximum atomic E-state index is 11.1. The lowest BCUT2D eigenvalue weighted by atomic mass is 10.2. The third kappa shape index (κ3) is 5.41. The molecule has 0 radical (unpaired) electrons. The maximum Gasteiger partial charge on any atom is 0.209 e. The van der Waals surface area contributed by atoms with E-state index in [1.807, 2.05) is 10.7 Å². The highest BCUT2D eigenvalue weighted by molar-refractivity contribution is 7.88. The van der Waals surface area contributed by atoms with Crippen molar-refractivity contribution in [3.05, 3.63) is 17.5 Å².